The molecule has 0 aliphatic carbocycles. The molecular formula is C18H25N3O. The van der Waals surface area contributed by atoms with Crippen molar-refractivity contribution in [3.05, 3.63) is 52.8 Å². The van der Waals surface area contributed by atoms with Gasteiger partial charge in [-0.1, -0.05) is 30.3 Å². The Labute approximate surface area is 132 Å². The third kappa shape index (κ3) is 4.20. The topological polar surface area (TPSA) is 46.9 Å². The van der Waals surface area contributed by atoms with Gasteiger partial charge in [-0.3, -0.25) is 9.48 Å². The summed E-state index contributed by atoms with van der Waals surface area (Å²) < 4.78 is 1.83. The highest BCUT2D eigenvalue weighted by atomic mass is 16.1. The maximum absolute atomic E-state index is 12.2. The van der Waals surface area contributed by atoms with Gasteiger partial charge in [0.05, 0.1) is 12.1 Å². The summed E-state index contributed by atoms with van der Waals surface area (Å²) in [7, 11) is 1.91. The first kappa shape index (κ1) is 16.3. The van der Waals surface area contributed by atoms with Crippen LogP contribution in [0.25, 0.3) is 0 Å². The third-order valence-electron chi connectivity index (χ3n) is 4.11. The molecule has 0 fully saturated rings. The van der Waals surface area contributed by atoms with Gasteiger partial charge in [-0.25, -0.2) is 0 Å². The molecule has 0 saturated carbocycles. The van der Waals surface area contributed by atoms with E-state index in [9.17, 15) is 4.79 Å². The Morgan fingerprint density at radius 2 is 1.95 bits per heavy atom. The lowest BCUT2D eigenvalue weighted by Crippen LogP contribution is -2.34. The average molecular weight is 299 g/mol. The lowest BCUT2D eigenvalue weighted by Gasteiger charge is -2.14. The molecule has 1 aromatic carbocycles. The van der Waals surface area contributed by atoms with E-state index < -0.39 is 0 Å². The molecule has 2 rings (SSSR count). The molecule has 0 aliphatic heterocycles. The molecule has 0 aliphatic rings. The van der Waals surface area contributed by atoms with Crippen molar-refractivity contribution in [1.29, 1.82) is 0 Å². The van der Waals surface area contributed by atoms with Crippen molar-refractivity contribution in [3.63, 3.8) is 0 Å². The molecule has 2 aromatic rings. The third-order valence-corrected chi connectivity index (χ3v) is 4.11. The molecule has 1 N–H and O–H groups in total. The molecule has 1 amide bonds. The van der Waals surface area contributed by atoms with Crippen molar-refractivity contribution < 1.29 is 4.79 Å². The van der Waals surface area contributed by atoms with E-state index in [2.05, 4.69) is 29.5 Å². The van der Waals surface area contributed by atoms with E-state index in [0.717, 1.165) is 29.8 Å². The summed E-state index contributed by atoms with van der Waals surface area (Å²) in [6.07, 6.45) is 2.33. The second kappa shape index (κ2) is 7.25. The molecule has 4 nitrogen and oxygen atoms in total. The average Bonchev–Trinajstić information content (AvgIpc) is 2.73. The maximum atomic E-state index is 12.2. The number of nitrogens with one attached hydrogen (secondary N) is 1. The van der Waals surface area contributed by atoms with Crippen molar-refractivity contribution in [3.8, 4) is 0 Å². The molecule has 22 heavy (non-hydrogen) atoms. The van der Waals surface area contributed by atoms with Crippen LogP contribution in [0.3, 0.4) is 0 Å². The van der Waals surface area contributed by atoms with Crippen LogP contribution >= 0.6 is 0 Å². The van der Waals surface area contributed by atoms with Crippen molar-refractivity contribution in [1.82, 2.24) is 15.1 Å². The molecule has 4 heteroatoms. The number of aryl methyl sites for hydroxylation is 3. The minimum absolute atomic E-state index is 0.0692. The summed E-state index contributed by atoms with van der Waals surface area (Å²) in [5, 5.41) is 7.44. The Balaban J connectivity index is 1.84. The molecular weight excluding hydrogens is 274 g/mol. The van der Waals surface area contributed by atoms with Gasteiger partial charge in [0.1, 0.15) is 0 Å². The van der Waals surface area contributed by atoms with Crippen LogP contribution in [-0.2, 0) is 24.7 Å². The number of nitrogens with zero attached hydrogens (tertiary/aromatic N) is 2. The quantitative estimate of drug-likeness (QED) is 0.891. The van der Waals surface area contributed by atoms with E-state index in [4.69, 9.17) is 0 Å². The van der Waals surface area contributed by atoms with Crippen LogP contribution in [-0.4, -0.2) is 21.7 Å². The number of hydrogen-bond donors (Lipinski definition) is 1. The van der Waals surface area contributed by atoms with Gasteiger partial charge < -0.3 is 5.32 Å². The largest absolute Gasteiger partial charge is 0.353 e. The highest BCUT2D eigenvalue weighted by molar-refractivity contribution is 5.79. The predicted molar refractivity (Wildman–Crippen MR) is 88.8 cm³/mol. The Morgan fingerprint density at radius 1 is 1.27 bits per heavy atom. The van der Waals surface area contributed by atoms with Gasteiger partial charge in [0.25, 0.3) is 0 Å². The van der Waals surface area contributed by atoms with Crippen LogP contribution in [0.15, 0.2) is 30.3 Å². The minimum atomic E-state index is 0.0692. The van der Waals surface area contributed by atoms with Gasteiger partial charge >= 0.3 is 0 Å². The van der Waals surface area contributed by atoms with Gasteiger partial charge in [-0.15, -0.1) is 0 Å². The second-order valence-corrected chi connectivity index (χ2v) is 5.94. The smallest absolute Gasteiger partial charge is 0.224 e. The zero-order valence-corrected chi connectivity index (χ0v) is 13.9. The SMILES string of the molecule is Cc1nn(C)c(C)c1CC(=O)NC(C)CCc1ccccc1. The van der Waals surface area contributed by atoms with Crippen LogP contribution in [0.4, 0.5) is 0 Å². The monoisotopic (exact) mass is 299 g/mol. The van der Waals surface area contributed by atoms with E-state index in [-0.39, 0.29) is 11.9 Å². The maximum Gasteiger partial charge on any atom is 0.224 e. The number of hydrogen-bond acceptors (Lipinski definition) is 2. The number of benzene rings is 1. The van der Waals surface area contributed by atoms with Gasteiger partial charge in [-0.2, -0.15) is 5.10 Å². The van der Waals surface area contributed by atoms with Crippen LogP contribution in [0.1, 0.15) is 35.9 Å². The molecule has 0 saturated heterocycles. The summed E-state index contributed by atoms with van der Waals surface area (Å²) >= 11 is 0. The Bertz CT molecular complexity index is 631. The molecule has 118 valence electrons. The van der Waals surface area contributed by atoms with Gasteiger partial charge in [-0.05, 0) is 39.2 Å². The predicted octanol–water partition coefficient (Wildman–Crippen LogP) is 2.72. The fourth-order valence-electron chi connectivity index (χ4n) is 2.66. The van der Waals surface area contributed by atoms with Crippen LogP contribution in [0.2, 0.25) is 0 Å². The second-order valence-electron chi connectivity index (χ2n) is 5.94. The number of carbonyl (C=O) groups excluding carboxylic acids is 1. The van der Waals surface area contributed by atoms with Gasteiger partial charge in [0.2, 0.25) is 5.91 Å². The highest BCUT2D eigenvalue weighted by Crippen LogP contribution is 2.12. The Morgan fingerprint density at radius 3 is 2.55 bits per heavy atom. The minimum Gasteiger partial charge on any atom is -0.353 e. The number of carbonyl (C=O) groups is 1. The summed E-state index contributed by atoms with van der Waals surface area (Å²) in [4.78, 5) is 12.2. The van der Waals surface area contributed by atoms with Crippen LogP contribution < -0.4 is 5.32 Å². The van der Waals surface area contributed by atoms with Gasteiger partial charge in [0, 0.05) is 24.3 Å². The first-order valence-corrected chi connectivity index (χ1v) is 7.79. The molecule has 1 atom stereocenters. The normalized spacial score (nSPS) is 12.2. The van der Waals surface area contributed by atoms with E-state index in [1.807, 2.05) is 43.8 Å². The molecule has 1 heterocycles. The first-order valence-electron chi connectivity index (χ1n) is 7.79. The lowest BCUT2D eigenvalue weighted by atomic mass is 10.1. The van der Waals surface area contributed by atoms with Crippen molar-refractivity contribution >= 4 is 5.91 Å². The van der Waals surface area contributed by atoms with Crippen LogP contribution in [0.5, 0.6) is 0 Å². The summed E-state index contributed by atoms with van der Waals surface area (Å²) in [5.41, 5.74) is 4.34. The van der Waals surface area contributed by atoms with Crippen molar-refractivity contribution in [2.75, 3.05) is 0 Å². The molecule has 0 spiro atoms. The number of rotatable bonds is 6. The first-order chi connectivity index (χ1) is 10.5. The van der Waals surface area contributed by atoms with Crippen LogP contribution in [0, 0.1) is 13.8 Å². The zero-order valence-electron chi connectivity index (χ0n) is 13.9. The number of aromatic nitrogens is 2. The van der Waals surface area contributed by atoms with E-state index in [1.54, 1.807) is 0 Å². The lowest BCUT2D eigenvalue weighted by molar-refractivity contribution is -0.121. The van der Waals surface area contributed by atoms with E-state index in [0.29, 0.717) is 6.42 Å². The van der Waals surface area contributed by atoms with E-state index >= 15 is 0 Å². The van der Waals surface area contributed by atoms with Gasteiger partial charge in [0.15, 0.2) is 0 Å². The fourth-order valence-corrected chi connectivity index (χ4v) is 2.66. The zero-order chi connectivity index (χ0) is 16.1. The van der Waals surface area contributed by atoms with Crippen molar-refractivity contribution in [2.45, 2.75) is 46.1 Å². The standard InChI is InChI=1S/C18H25N3O/c1-13(10-11-16-8-6-5-7-9-16)19-18(22)12-17-14(2)20-21(4)15(17)3/h5-9,13H,10-12H2,1-4H3,(H,19,22). The number of amides is 1. The fraction of sp³-hybridized carbons (Fsp3) is 0.444. The molecule has 1 aromatic heterocycles. The summed E-state index contributed by atoms with van der Waals surface area (Å²) in [5.74, 6) is 0.0692. The van der Waals surface area contributed by atoms with E-state index in [1.165, 1.54) is 5.56 Å². The molecule has 0 bridgehead atoms. The molecule has 1 unspecified atom stereocenters. The summed E-state index contributed by atoms with van der Waals surface area (Å²) in [6, 6.07) is 10.5. The Hall–Kier alpha value is -2.10. The highest BCUT2D eigenvalue weighted by Gasteiger charge is 2.14. The van der Waals surface area contributed by atoms with Crippen molar-refractivity contribution in [2.24, 2.45) is 7.05 Å². The summed E-state index contributed by atoms with van der Waals surface area (Å²) in [6.45, 7) is 6.01. The molecule has 0 radical (unpaired) electrons. The Kier molecular flexibility index (Phi) is 5.36.